The third-order valence-corrected chi connectivity index (χ3v) is 2.95. The molecule has 1 N–H and O–H groups in total. The van der Waals surface area contributed by atoms with Crippen LogP contribution in [0.4, 0.5) is 5.95 Å². The molecule has 4 heteroatoms. The Bertz CT molecular complexity index is 350. The Morgan fingerprint density at radius 2 is 2.31 bits per heavy atom. The lowest BCUT2D eigenvalue weighted by Crippen LogP contribution is -2.42. The Labute approximate surface area is 96.4 Å². The molecule has 1 aliphatic rings. The van der Waals surface area contributed by atoms with Crippen LogP contribution in [0.15, 0.2) is 12.3 Å². The summed E-state index contributed by atoms with van der Waals surface area (Å²) in [7, 11) is 0. The molecule has 0 bridgehead atoms. The van der Waals surface area contributed by atoms with Crippen LogP contribution in [0, 0.1) is 0 Å². The second kappa shape index (κ2) is 4.68. The second-order valence-electron chi connectivity index (χ2n) is 4.61. The SMILES string of the molecule is CCCOc1ccnc(NC2(C)CCC2)n1. The molecule has 1 aliphatic carbocycles. The molecule has 1 aromatic heterocycles. The molecule has 0 aromatic carbocycles. The fourth-order valence-electron chi connectivity index (χ4n) is 1.79. The van der Waals surface area contributed by atoms with Crippen LogP contribution in [-0.4, -0.2) is 22.1 Å². The number of nitrogens with one attached hydrogen (secondary N) is 1. The number of ether oxygens (including phenoxy) is 1. The molecule has 0 atom stereocenters. The molecule has 0 unspecified atom stereocenters. The summed E-state index contributed by atoms with van der Waals surface area (Å²) in [6.07, 6.45) is 6.40. The van der Waals surface area contributed by atoms with Gasteiger partial charge < -0.3 is 10.1 Å². The summed E-state index contributed by atoms with van der Waals surface area (Å²) in [6.45, 7) is 4.99. The third kappa shape index (κ3) is 2.62. The second-order valence-corrected chi connectivity index (χ2v) is 4.61. The van der Waals surface area contributed by atoms with Crippen molar-refractivity contribution in [3.63, 3.8) is 0 Å². The predicted molar refractivity (Wildman–Crippen MR) is 63.7 cm³/mol. The maximum atomic E-state index is 5.47. The first kappa shape index (κ1) is 11.2. The van der Waals surface area contributed by atoms with Crippen LogP contribution < -0.4 is 10.1 Å². The molecular weight excluding hydrogens is 202 g/mol. The molecule has 1 aromatic rings. The van der Waals surface area contributed by atoms with Crippen LogP contribution in [0.1, 0.15) is 39.5 Å². The average molecular weight is 221 g/mol. The van der Waals surface area contributed by atoms with E-state index >= 15 is 0 Å². The minimum Gasteiger partial charge on any atom is -0.478 e. The van der Waals surface area contributed by atoms with E-state index in [1.165, 1.54) is 19.3 Å². The number of rotatable bonds is 5. The fraction of sp³-hybridized carbons (Fsp3) is 0.667. The molecule has 88 valence electrons. The van der Waals surface area contributed by atoms with Gasteiger partial charge in [-0.15, -0.1) is 0 Å². The van der Waals surface area contributed by atoms with E-state index in [0.717, 1.165) is 6.42 Å². The van der Waals surface area contributed by atoms with E-state index in [9.17, 15) is 0 Å². The summed E-state index contributed by atoms with van der Waals surface area (Å²) >= 11 is 0. The molecule has 0 aliphatic heterocycles. The van der Waals surface area contributed by atoms with Crippen LogP contribution in [0.5, 0.6) is 5.88 Å². The van der Waals surface area contributed by atoms with Crippen molar-refractivity contribution in [3.05, 3.63) is 12.3 Å². The minimum atomic E-state index is 0.184. The predicted octanol–water partition coefficient (Wildman–Crippen LogP) is 2.62. The Kier molecular flexibility index (Phi) is 3.27. The van der Waals surface area contributed by atoms with Crippen molar-refractivity contribution in [2.75, 3.05) is 11.9 Å². The molecule has 0 spiro atoms. The van der Waals surface area contributed by atoms with Gasteiger partial charge in [0.2, 0.25) is 11.8 Å². The van der Waals surface area contributed by atoms with Crippen molar-refractivity contribution < 1.29 is 4.74 Å². The first-order valence-corrected chi connectivity index (χ1v) is 5.96. The van der Waals surface area contributed by atoms with E-state index in [4.69, 9.17) is 4.74 Å². The molecule has 1 saturated carbocycles. The van der Waals surface area contributed by atoms with Crippen molar-refractivity contribution in [2.45, 2.75) is 45.1 Å². The fourth-order valence-corrected chi connectivity index (χ4v) is 1.79. The Morgan fingerprint density at radius 1 is 1.50 bits per heavy atom. The van der Waals surface area contributed by atoms with Crippen LogP contribution in [0.25, 0.3) is 0 Å². The van der Waals surface area contributed by atoms with Gasteiger partial charge in [0, 0.05) is 17.8 Å². The van der Waals surface area contributed by atoms with Gasteiger partial charge in [0.1, 0.15) is 0 Å². The summed E-state index contributed by atoms with van der Waals surface area (Å²) < 4.78 is 5.47. The zero-order chi connectivity index (χ0) is 11.4. The number of anilines is 1. The molecule has 4 nitrogen and oxygen atoms in total. The van der Waals surface area contributed by atoms with Crippen molar-refractivity contribution >= 4 is 5.95 Å². The first-order valence-electron chi connectivity index (χ1n) is 5.96. The van der Waals surface area contributed by atoms with Gasteiger partial charge in [-0.3, -0.25) is 0 Å². The van der Waals surface area contributed by atoms with Gasteiger partial charge in [-0.05, 0) is 32.6 Å². The molecular formula is C12H19N3O. The Hall–Kier alpha value is -1.32. The Morgan fingerprint density at radius 3 is 2.94 bits per heavy atom. The normalized spacial score (nSPS) is 17.6. The molecule has 16 heavy (non-hydrogen) atoms. The highest BCUT2D eigenvalue weighted by Crippen LogP contribution is 2.33. The largest absolute Gasteiger partial charge is 0.478 e. The summed E-state index contributed by atoms with van der Waals surface area (Å²) in [5.74, 6) is 1.33. The zero-order valence-corrected chi connectivity index (χ0v) is 9.99. The van der Waals surface area contributed by atoms with E-state index < -0.39 is 0 Å². The molecule has 2 rings (SSSR count). The van der Waals surface area contributed by atoms with Crippen LogP contribution >= 0.6 is 0 Å². The van der Waals surface area contributed by atoms with Crippen LogP contribution in [-0.2, 0) is 0 Å². The van der Waals surface area contributed by atoms with Crippen molar-refractivity contribution in [2.24, 2.45) is 0 Å². The summed E-state index contributed by atoms with van der Waals surface area (Å²) in [5, 5.41) is 3.37. The van der Waals surface area contributed by atoms with Crippen LogP contribution in [0.3, 0.4) is 0 Å². The molecule has 0 amide bonds. The van der Waals surface area contributed by atoms with E-state index in [1.54, 1.807) is 12.3 Å². The van der Waals surface area contributed by atoms with Gasteiger partial charge in [-0.1, -0.05) is 6.92 Å². The Balaban J connectivity index is 1.98. The van der Waals surface area contributed by atoms with E-state index in [0.29, 0.717) is 18.4 Å². The number of nitrogens with zero attached hydrogens (tertiary/aromatic N) is 2. The van der Waals surface area contributed by atoms with Gasteiger partial charge >= 0.3 is 0 Å². The molecule has 1 fully saturated rings. The van der Waals surface area contributed by atoms with Gasteiger partial charge in [0.25, 0.3) is 0 Å². The minimum absolute atomic E-state index is 0.184. The highest BCUT2D eigenvalue weighted by molar-refractivity contribution is 5.32. The van der Waals surface area contributed by atoms with E-state index in [-0.39, 0.29) is 5.54 Å². The van der Waals surface area contributed by atoms with Crippen LogP contribution in [0.2, 0.25) is 0 Å². The highest BCUT2D eigenvalue weighted by Gasteiger charge is 2.32. The summed E-state index contributed by atoms with van der Waals surface area (Å²) in [5.41, 5.74) is 0.184. The van der Waals surface area contributed by atoms with Gasteiger partial charge in [-0.2, -0.15) is 4.98 Å². The summed E-state index contributed by atoms with van der Waals surface area (Å²) in [4.78, 5) is 8.55. The number of aromatic nitrogens is 2. The lowest BCUT2D eigenvalue weighted by Gasteiger charge is -2.39. The molecule has 0 saturated heterocycles. The monoisotopic (exact) mass is 221 g/mol. The highest BCUT2D eigenvalue weighted by atomic mass is 16.5. The topological polar surface area (TPSA) is 47.0 Å². The van der Waals surface area contributed by atoms with Crippen molar-refractivity contribution in [1.29, 1.82) is 0 Å². The van der Waals surface area contributed by atoms with Gasteiger partial charge in [0.15, 0.2) is 0 Å². The quantitative estimate of drug-likeness (QED) is 0.830. The van der Waals surface area contributed by atoms with Gasteiger partial charge in [-0.25, -0.2) is 4.98 Å². The maximum absolute atomic E-state index is 5.47. The molecule has 1 heterocycles. The van der Waals surface area contributed by atoms with Crippen molar-refractivity contribution in [1.82, 2.24) is 9.97 Å². The van der Waals surface area contributed by atoms with E-state index in [2.05, 4.69) is 29.1 Å². The first-order chi connectivity index (χ1) is 7.72. The number of hydrogen-bond acceptors (Lipinski definition) is 4. The standard InChI is InChI=1S/C12H19N3O/c1-3-9-16-10-5-8-13-11(14-10)15-12(2)6-4-7-12/h5,8H,3-4,6-7,9H2,1-2H3,(H,13,14,15). The average Bonchev–Trinajstić information content (AvgIpc) is 2.25. The van der Waals surface area contributed by atoms with Crippen molar-refractivity contribution in [3.8, 4) is 5.88 Å². The lowest BCUT2D eigenvalue weighted by atomic mass is 9.79. The number of hydrogen-bond donors (Lipinski definition) is 1. The smallest absolute Gasteiger partial charge is 0.226 e. The van der Waals surface area contributed by atoms with Gasteiger partial charge in [0.05, 0.1) is 6.61 Å². The zero-order valence-electron chi connectivity index (χ0n) is 9.99. The van der Waals surface area contributed by atoms with E-state index in [1.807, 2.05) is 0 Å². The lowest BCUT2D eigenvalue weighted by molar-refractivity contribution is 0.297. The third-order valence-electron chi connectivity index (χ3n) is 2.95. The summed E-state index contributed by atoms with van der Waals surface area (Å²) in [6, 6.07) is 1.80. The molecule has 0 radical (unpaired) electrons. The maximum Gasteiger partial charge on any atom is 0.226 e.